The summed E-state index contributed by atoms with van der Waals surface area (Å²) in [5.41, 5.74) is 0.291. The van der Waals surface area contributed by atoms with E-state index in [9.17, 15) is 9.90 Å². The predicted molar refractivity (Wildman–Crippen MR) is 47.6 cm³/mol. The molecule has 3 N–H and O–H groups in total. The van der Waals surface area contributed by atoms with E-state index in [1.165, 1.54) is 18.3 Å². The Balaban J connectivity index is 2.88. The smallest absolute Gasteiger partial charge is 0.335 e. The van der Waals surface area contributed by atoms with Crippen LogP contribution in [-0.4, -0.2) is 32.4 Å². The van der Waals surface area contributed by atoms with E-state index in [-0.39, 0.29) is 11.3 Å². The first-order chi connectivity index (χ1) is 7.06. The molecule has 1 aromatic rings. The maximum atomic E-state index is 10.3. The van der Waals surface area contributed by atoms with E-state index in [1.54, 1.807) is 0 Å². The molecule has 78 valence electrons. The first-order valence-corrected chi connectivity index (χ1v) is 4.01. The third-order valence-electron chi connectivity index (χ3n) is 1.77. The molecular weight excluding hydrogens is 200 g/mol. The molecule has 1 rings (SSSR count). The van der Waals surface area contributed by atoms with Crippen LogP contribution in [0.1, 0.15) is 17.4 Å². The van der Waals surface area contributed by atoms with E-state index in [4.69, 9.17) is 15.5 Å². The van der Waals surface area contributed by atoms with Crippen LogP contribution in [-0.2, 0) is 4.79 Å². The van der Waals surface area contributed by atoms with Crippen molar-refractivity contribution >= 4 is 5.97 Å². The number of aromatic nitrogens is 1. The molecule has 0 amide bonds. The standard InChI is InChI=1S/C9H8N2O4/c10-3-5-1-2-6(11-4-5)7(12)8(13)9(14)15/h1-2,4,7-8,12-13H,(H,14,15). The molecule has 0 aromatic carbocycles. The lowest BCUT2D eigenvalue weighted by Crippen LogP contribution is -2.28. The molecule has 0 fully saturated rings. The van der Waals surface area contributed by atoms with Gasteiger partial charge in [-0.3, -0.25) is 4.98 Å². The Kier molecular flexibility index (Phi) is 3.33. The van der Waals surface area contributed by atoms with Crippen molar-refractivity contribution in [2.75, 3.05) is 0 Å². The van der Waals surface area contributed by atoms with Crippen LogP contribution in [0.2, 0.25) is 0 Å². The van der Waals surface area contributed by atoms with Crippen LogP contribution in [0.5, 0.6) is 0 Å². The number of aliphatic hydroxyl groups is 2. The van der Waals surface area contributed by atoms with Gasteiger partial charge in [0.15, 0.2) is 6.10 Å². The molecule has 1 aromatic heterocycles. The van der Waals surface area contributed by atoms with Crippen LogP contribution >= 0.6 is 0 Å². The van der Waals surface area contributed by atoms with Crippen LogP contribution in [0.15, 0.2) is 18.3 Å². The molecule has 0 saturated carbocycles. The molecule has 2 atom stereocenters. The quantitative estimate of drug-likeness (QED) is 0.612. The van der Waals surface area contributed by atoms with Crippen LogP contribution in [0.3, 0.4) is 0 Å². The summed E-state index contributed by atoms with van der Waals surface area (Å²) in [6, 6.07) is 4.48. The molecule has 0 saturated heterocycles. The fourth-order valence-electron chi connectivity index (χ4n) is 0.943. The Morgan fingerprint density at radius 1 is 1.47 bits per heavy atom. The van der Waals surface area contributed by atoms with Gasteiger partial charge in [-0.1, -0.05) is 0 Å². The molecular formula is C9H8N2O4. The maximum absolute atomic E-state index is 10.3. The highest BCUT2D eigenvalue weighted by molar-refractivity contribution is 5.72. The van der Waals surface area contributed by atoms with Gasteiger partial charge in [0.05, 0.1) is 11.3 Å². The van der Waals surface area contributed by atoms with Crippen molar-refractivity contribution in [1.29, 1.82) is 5.26 Å². The Morgan fingerprint density at radius 2 is 2.13 bits per heavy atom. The molecule has 6 nitrogen and oxygen atoms in total. The summed E-state index contributed by atoms with van der Waals surface area (Å²) in [5.74, 6) is -1.53. The number of carboxylic acid groups (broad SMARTS) is 1. The minimum Gasteiger partial charge on any atom is -0.479 e. The summed E-state index contributed by atoms with van der Waals surface area (Å²) in [5, 5.41) is 35.3. The number of carbonyl (C=O) groups is 1. The normalized spacial score (nSPS) is 13.9. The highest BCUT2D eigenvalue weighted by Gasteiger charge is 2.25. The van der Waals surface area contributed by atoms with Gasteiger partial charge >= 0.3 is 5.97 Å². The molecule has 0 radical (unpaired) electrons. The minimum atomic E-state index is -1.93. The highest BCUT2D eigenvalue weighted by Crippen LogP contribution is 2.14. The zero-order valence-electron chi connectivity index (χ0n) is 7.53. The molecule has 0 aliphatic rings. The number of rotatable bonds is 3. The monoisotopic (exact) mass is 208 g/mol. The Morgan fingerprint density at radius 3 is 2.53 bits per heavy atom. The number of hydrogen-bond donors (Lipinski definition) is 3. The number of nitrogens with zero attached hydrogens (tertiary/aromatic N) is 2. The van der Waals surface area contributed by atoms with Gasteiger partial charge < -0.3 is 15.3 Å². The van der Waals surface area contributed by atoms with Crippen LogP contribution < -0.4 is 0 Å². The largest absolute Gasteiger partial charge is 0.479 e. The second-order valence-corrected chi connectivity index (χ2v) is 2.81. The minimum absolute atomic E-state index is 0.00361. The summed E-state index contributed by atoms with van der Waals surface area (Å²) in [6.07, 6.45) is -2.34. The fourth-order valence-corrected chi connectivity index (χ4v) is 0.943. The number of hydrogen-bond acceptors (Lipinski definition) is 5. The van der Waals surface area contributed by atoms with Crippen molar-refractivity contribution < 1.29 is 20.1 Å². The lowest BCUT2D eigenvalue weighted by molar-refractivity contribution is -0.153. The zero-order chi connectivity index (χ0) is 11.4. The van der Waals surface area contributed by atoms with Crippen LogP contribution in [0, 0.1) is 11.3 Å². The van der Waals surface area contributed by atoms with Crippen molar-refractivity contribution in [2.45, 2.75) is 12.2 Å². The summed E-state index contributed by atoms with van der Waals surface area (Å²) < 4.78 is 0. The lowest BCUT2D eigenvalue weighted by atomic mass is 10.1. The van der Waals surface area contributed by atoms with Gasteiger partial charge in [0.25, 0.3) is 0 Å². The maximum Gasteiger partial charge on any atom is 0.335 e. The average molecular weight is 208 g/mol. The molecule has 2 unspecified atom stereocenters. The van der Waals surface area contributed by atoms with Gasteiger partial charge in [-0.25, -0.2) is 4.79 Å². The van der Waals surface area contributed by atoms with E-state index >= 15 is 0 Å². The topological polar surface area (TPSA) is 114 Å². The molecule has 0 spiro atoms. The fraction of sp³-hybridized carbons (Fsp3) is 0.222. The molecule has 0 aliphatic carbocycles. The molecule has 6 heteroatoms. The van der Waals surface area contributed by atoms with Gasteiger partial charge in [-0.15, -0.1) is 0 Å². The summed E-state index contributed by atoms with van der Waals surface area (Å²) >= 11 is 0. The number of pyridine rings is 1. The summed E-state index contributed by atoms with van der Waals surface area (Å²) in [6.45, 7) is 0. The van der Waals surface area contributed by atoms with Gasteiger partial charge in [0.2, 0.25) is 0 Å². The van der Waals surface area contributed by atoms with Crippen molar-refractivity contribution in [3.05, 3.63) is 29.6 Å². The predicted octanol–water partition coefficient (Wildman–Crippen LogP) is -0.568. The van der Waals surface area contributed by atoms with Crippen LogP contribution in [0.4, 0.5) is 0 Å². The Labute approximate surface area is 85.0 Å². The molecule has 0 aliphatic heterocycles. The van der Waals surface area contributed by atoms with Gasteiger partial charge in [-0.2, -0.15) is 5.26 Å². The van der Waals surface area contributed by atoms with E-state index < -0.39 is 18.2 Å². The van der Waals surface area contributed by atoms with Crippen molar-refractivity contribution in [3.8, 4) is 6.07 Å². The van der Waals surface area contributed by atoms with E-state index in [0.717, 1.165) is 0 Å². The van der Waals surface area contributed by atoms with E-state index in [2.05, 4.69) is 4.98 Å². The van der Waals surface area contributed by atoms with E-state index in [1.807, 2.05) is 6.07 Å². The molecule has 15 heavy (non-hydrogen) atoms. The third kappa shape index (κ3) is 2.49. The number of nitriles is 1. The average Bonchev–Trinajstić information content (AvgIpc) is 2.27. The van der Waals surface area contributed by atoms with Gasteiger partial charge in [0, 0.05) is 6.20 Å². The second kappa shape index (κ2) is 4.50. The lowest BCUT2D eigenvalue weighted by Gasteiger charge is -2.12. The van der Waals surface area contributed by atoms with Crippen molar-refractivity contribution in [3.63, 3.8) is 0 Å². The van der Waals surface area contributed by atoms with Gasteiger partial charge in [0.1, 0.15) is 12.2 Å². The highest BCUT2D eigenvalue weighted by atomic mass is 16.4. The van der Waals surface area contributed by atoms with Gasteiger partial charge in [-0.05, 0) is 12.1 Å². The molecule has 0 bridgehead atoms. The zero-order valence-corrected chi connectivity index (χ0v) is 7.53. The molecule has 1 heterocycles. The van der Waals surface area contributed by atoms with Crippen molar-refractivity contribution in [1.82, 2.24) is 4.98 Å². The second-order valence-electron chi connectivity index (χ2n) is 2.81. The number of aliphatic carboxylic acids is 1. The number of aliphatic hydroxyl groups excluding tert-OH is 2. The van der Waals surface area contributed by atoms with Crippen molar-refractivity contribution in [2.24, 2.45) is 0 Å². The SMILES string of the molecule is N#Cc1ccc(C(O)C(O)C(=O)O)nc1. The van der Waals surface area contributed by atoms with Crippen LogP contribution in [0.25, 0.3) is 0 Å². The summed E-state index contributed by atoms with van der Waals surface area (Å²) in [7, 11) is 0. The Hall–Kier alpha value is -1.97. The first-order valence-electron chi connectivity index (χ1n) is 4.01. The van der Waals surface area contributed by atoms with E-state index in [0.29, 0.717) is 0 Å². The Bertz CT molecular complexity index is 396. The summed E-state index contributed by atoms with van der Waals surface area (Å²) in [4.78, 5) is 14.0. The first kappa shape index (κ1) is 11.1. The third-order valence-corrected chi connectivity index (χ3v) is 1.77. The number of carboxylic acids is 1.